The van der Waals surface area contributed by atoms with Gasteiger partial charge in [-0.3, -0.25) is 4.79 Å². The maximum atomic E-state index is 13.6. The Morgan fingerprint density at radius 3 is 2.13 bits per heavy atom. The summed E-state index contributed by atoms with van der Waals surface area (Å²) in [7, 11) is 0. The van der Waals surface area contributed by atoms with Crippen LogP contribution in [0.25, 0.3) is 5.65 Å². The molecule has 0 saturated carbocycles. The summed E-state index contributed by atoms with van der Waals surface area (Å²) in [5.74, 6) is -0.936. The number of carbonyl (C=O) groups excluding carboxylic acids is 1. The quantitative estimate of drug-likeness (QED) is 0.253. The zero-order valence-corrected chi connectivity index (χ0v) is 20.7. The van der Waals surface area contributed by atoms with Crippen molar-refractivity contribution < 1.29 is 18.0 Å². The number of hydrogen-bond acceptors (Lipinski definition) is 2. The molecule has 4 nitrogen and oxygen atoms in total. The first kappa shape index (κ1) is 25.3. The molecule has 0 spiro atoms. The summed E-state index contributed by atoms with van der Waals surface area (Å²) < 4.78 is 42.6. The Labute approximate surface area is 218 Å². The van der Waals surface area contributed by atoms with Crippen LogP contribution >= 0.6 is 0 Å². The number of halogens is 3. The molecule has 0 aliphatic rings. The van der Waals surface area contributed by atoms with Gasteiger partial charge in [0.25, 0.3) is 0 Å². The molecule has 7 heteroatoms. The van der Waals surface area contributed by atoms with Crippen LogP contribution in [-0.4, -0.2) is 15.3 Å². The summed E-state index contributed by atoms with van der Waals surface area (Å²) >= 11 is 0. The first-order valence-electron chi connectivity index (χ1n) is 12.3. The van der Waals surface area contributed by atoms with Crippen molar-refractivity contribution in [3.63, 3.8) is 0 Å². The Balaban J connectivity index is 1.53. The van der Waals surface area contributed by atoms with Gasteiger partial charge in [0.2, 0.25) is 5.91 Å². The normalized spacial score (nSPS) is 12.6. The maximum absolute atomic E-state index is 13.6. The van der Waals surface area contributed by atoms with E-state index < -0.39 is 23.7 Å². The van der Waals surface area contributed by atoms with Gasteiger partial charge in [0.15, 0.2) is 0 Å². The van der Waals surface area contributed by atoms with E-state index in [0.717, 1.165) is 28.8 Å². The second kappa shape index (κ2) is 10.5. The minimum Gasteiger partial charge on any atom is -0.345 e. The third-order valence-corrected chi connectivity index (χ3v) is 6.63. The van der Waals surface area contributed by atoms with Crippen LogP contribution in [0, 0.1) is 6.92 Å². The molecule has 2 aromatic heterocycles. The lowest BCUT2D eigenvalue weighted by Crippen LogP contribution is -2.30. The summed E-state index contributed by atoms with van der Waals surface area (Å²) in [6.45, 7) is 1.94. The van der Waals surface area contributed by atoms with E-state index in [1.54, 1.807) is 12.3 Å². The monoisotopic (exact) mass is 513 g/mol. The number of aromatic nitrogens is 2. The van der Waals surface area contributed by atoms with Crippen LogP contribution < -0.4 is 5.32 Å². The third-order valence-electron chi connectivity index (χ3n) is 6.63. The molecule has 1 amide bonds. The van der Waals surface area contributed by atoms with E-state index in [-0.39, 0.29) is 12.3 Å². The number of pyridine rings is 1. The highest BCUT2D eigenvalue weighted by Crippen LogP contribution is 2.35. The average molecular weight is 514 g/mol. The number of nitrogens with one attached hydrogen (secondary N) is 1. The van der Waals surface area contributed by atoms with Crippen molar-refractivity contribution in [2.75, 3.05) is 0 Å². The average Bonchev–Trinajstić information content (AvgIpc) is 3.33. The fraction of sp³-hybridized carbons (Fsp3) is 0.161. The van der Waals surface area contributed by atoms with Crippen molar-refractivity contribution in [1.29, 1.82) is 0 Å². The first-order valence-corrected chi connectivity index (χ1v) is 12.3. The molecule has 5 rings (SSSR count). The molecule has 1 atom stereocenters. The summed E-state index contributed by atoms with van der Waals surface area (Å²) in [6.07, 6.45) is -1.08. The Bertz CT molecular complexity index is 1510. The number of imidazole rings is 1. The Kier molecular flexibility index (Phi) is 7.01. The molecular weight excluding hydrogens is 487 g/mol. The van der Waals surface area contributed by atoms with Crippen molar-refractivity contribution in [3.8, 4) is 0 Å². The van der Waals surface area contributed by atoms with Gasteiger partial charge >= 0.3 is 6.18 Å². The fourth-order valence-corrected chi connectivity index (χ4v) is 4.74. The van der Waals surface area contributed by atoms with Gasteiger partial charge in [0.1, 0.15) is 5.65 Å². The lowest BCUT2D eigenvalue weighted by molar-refractivity contribution is -0.137. The molecule has 0 saturated heterocycles. The van der Waals surface area contributed by atoms with Crippen molar-refractivity contribution in [1.82, 2.24) is 14.7 Å². The molecule has 0 aliphatic heterocycles. The van der Waals surface area contributed by atoms with Crippen LogP contribution in [0.3, 0.4) is 0 Å². The smallest absolute Gasteiger partial charge is 0.345 e. The van der Waals surface area contributed by atoms with E-state index >= 15 is 0 Å². The van der Waals surface area contributed by atoms with Crippen LogP contribution in [0.4, 0.5) is 13.2 Å². The topological polar surface area (TPSA) is 46.4 Å². The van der Waals surface area contributed by atoms with Gasteiger partial charge in [-0.15, -0.1) is 0 Å². The van der Waals surface area contributed by atoms with Gasteiger partial charge in [-0.05, 0) is 47.4 Å². The van der Waals surface area contributed by atoms with Gasteiger partial charge in [-0.1, -0.05) is 78.9 Å². The zero-order valence-electron chi connectivity index (χ0n) is 20.7. The summed E-state index contributed by atoms with van der Waals surface area (Å²) in [5, 5.41) is 3.12. The number of alkyl halides is 3. The van der Waals surface area contributed by atoms with Crippen molar-refractivity contribution >= 4 is 11.6 Å². The third kappa shape index (κ3) is 5.47. The predicted molar refractivity (Wildman–Crippen MR) is 141 cm³/mol. The lowest BCUT2D eigenvalue weighted by atomic mass is 9.90. The van der Waals surface area contributed by atoms with Gasteiger partial charge in [-0.2, -0.15) is 13.2 Å². The number of hydrogen-bond donors (Lipinski definition) is 1. The van der Waals surface area contributed by atoms with Gasteiger partial charge in [0.05, 0.1) is 17.3 Å². The minimum atomic E-state index is -4.49. The van der Waals surface area contributed by atoms with E-state index in [4.69, 9.17) is 0 Å². The van der Waals surface area contributed by atoms with Crippen molar-refractivity contribution in [2.45, 2.75) is 31.5 Å². The molecule has 0 aliphatic carbocycles. The summed E-state index contributed by atoms with van der Waals surface area (Å²) in [6, 6.07) is 27.8. The Hall–Kier alpha value is -4.39. The second-order valence-electron chi connectivity index (χ2n) is 9.32. The molecule has 0 fully saturated rings. The van der Waals surface area contributed by atoms with Crippen LogP contribution in [0.5, 0.6) is 0 Å². The minimum absolute atomic E-state index is 0.0564. The van der Waals surface area contributed by atoms with E-state index in [0.29, 0.717) is 16.9 Å². The largest absolute Gasteiger partial charge is 0.416 e. The van der Waals surface area contributed by atoms with E-state index in [9.17, 15) is 18.0 Å². The van der Waals surface area contributed by atoms with Crippen LogP contribution in [0.2, 0.25) is 0 Å². The highest BCUT2D eigenvalue weighted by Gasteiger charge is 2.32. The number of amides is 1. The fourth-order valence-electron chi connectivity index (χ4n) is 4.74. The molecule has 3 aromatic carbocycles. The van der Waals surface area contributed by atoms with Crippen molar-refractivity contribution in [2.24, 2.45) is 0 Å². The molecule has 1 unspecified atom stereocenters. The number of fused-ring (bicyclic) bond motifs is 1. The first-order chi connectivity index (χ1) is 18.3. The number of nitrogens with zero attached hydrogens (tertiary/aromatic N) is 2. The number of carbonyl (C=O) groups is 1. The molecular formula is C31H26F3N3O. The van der Waals surface area contributed by atoms with Gasteiger partial charge < -0.3 is 9.72 Å². The maximum Gasteiger partial charge on any atom is 0.416 e. The lowest BCUT2D eigenvalue weighted by Gasteiger charge is -2.23. The number of rotatable bonds is 7. The Morgan fingerprint density at radius 2 is 1.50 bits per heavy atom. The highest BCUT2D eigenvalue weighted by atomic mass is 19.4. The molecule has 38 heavy (non-hydrogen) atoms. The molecule has 5 aromatic rings. The molecule has 0 bridgehead atoms. The van der Waals surface area contributed by atoms with Crippen LogP contribution in [0.15, 0.2) is 109 Å². The molecule has 0 radical (unpaired) electrons. The number of benzene rings is 3. The summed E-state index contributed by atoms with van der Waals surface area (Å²) in [4.78, 5) is 18.1. The zero-order chi connectivity index (χ0) is 26.7. The predicted octanol–water partition coefficient (Wildman–Crippen LogP) is 7.09. The number of aryl methyl sites for hydroxylation is 1. The highest BCUT2D eigenvalue weighted by molar-refractivity contribution is 5.78. The van der Waals surface area contributed by atoms with E-state index in [1.165, 1.54) is 6.07 Å². The molecule has 1 N–H and O–H groups in total. The van der Waals surface area contributed by atoms with E-state index in [2.05, 4.69) is 10.3 Å². The Morgan fingerprint density at radius 1 is 0.868 bits per heavy atom. The molecule has 192 valence electrons. The van der Waals surface area contributed by atoms with Crippen LogP contribution in [0.1, 0.15) is 51.9 Å². The van der Waals surface area contributed by atoms with Crippen LogP contribution in [-0.2, 0) is 11.0 Å². The van der Waals surface area contributed by atoms with Gasteiger partial charge in [-0.25, -0.2) is 4.98 Å². The standard InChI is InChI=1S/C31H26F3N3O/c1-21-15-16-37-27(20-35-28(37)17-21)26(24-13-8-14-25(18-24)31(32,33)34)19-29(38)36-30(22-9-4-2-5-10-22)23-11-6-3-7-12-23/h2-18,20,26,30H,19H2,1H3,(H,36,38). The molecule has 2 heterocycles. The summed E-state index contributed by atoms with van der Waals surface area (Å²) in [5.41, 5.74) is 3.79. The van der Waals surface area contributed by atoms with E-state index in [1.807, 2.05) is 90.3 Å². The second-order valence-corrected chi connectivity index (χ2v) is 9.32. The van der Waals surface area contributed by atoms with Crippen molar-refractivity contribution in [3.05, 3.63) is 143 Å². The van der Waals surface area contributed by atoms with Gasteiger partial charge in [0, 0.05) is 24.7 Å². The SMILES string of the molecule is Cc1ccn2c(C(CC(=O)NC(c3ccccc3)c3ccccc3)c3cccc(C(F)(F)F)c3)cnc2c1.